The second-order valence-electron chi connectivity index (χ2n) is 4.82. The van der Waals surface area contributed by atoms with Crippen LogP contribution >= 0.6 is 0 Å². The standard InChI is InChI=1S/C13H16N2O4S/c1-20(18,19)11-6-2-9(3-7-11)13(17)14-8-12(16)15-10-4-5-10/h2-3,6-7,10H,4-5,8H2,1H3,(H,14,17)(H,15,16). The molecule has 1 fully saturated rings. The van der Waals surface area contributed by atoms with Crippen molar-refractivity contribution in [3.05, 3.63) is 29.8 Å². The molecule has 7 heteroatoms. The fourth-order valence-corrected chi connectivity index (χ4v) is 2.25. The number of hydrogen-bond acceptors (Lipinski definition) is 4. The van der Waals surface area contributed by atoms with E-state index in [1.807, 2.05) is 0 Å². The van der Waals surface area contributed by atoms with Gasteiger partial charge in [-0.1, -0.05) is 0 Å². The molecule has 0 atom stereocenters. The smallest absolute Gasteiger partial charge is 0.251 e. The molecule has 108 valence electrons. The van der Waals surface area contributed by atoms with Crippen LogP contribution in [-0.2, 0) is 14.6 Å². The van der Waals surface area contributed by atoms with E-state index < -0.39 is 15.7 Å². The van der Waals surface area contributed by atoms with Gasteiger partial charge in [0.25, 0.3) is 5.91 Å². The van der Waals surface area contributed by atoms with Gasteiger partial charge in [-0.25, -0.2) is 8.42 Å². The van der Waals surface area contributed by atoms with E-state index in [4.69, 9.17) is 0 Å². The van der Waals surface area contributed by atoms with Crippen molar-refractivity contribution in [2.45, 2.75) is 23.8 Å². The van der Waals surface area contributed by atoms with Crippen molar-refractivity contribution in [3.8, 4) is 0 Å². The summed E-state index contributed by atoms with van der Waals surface area (Å²) in [5, 5.41) is 5.25. The van der Waals surface area contributed by atoms with E-state index in [1.54, 1.807) is 0 Å². The molecular weight excluding hydrogens is 280 g/mol. The summed E-state index contributed by atoms with van der Waals surface area (Å²) in [5.74, 6) is -0.621. The lowest BCUT2D eigenvalue weighted by atomic mass is 10.2. The molecule has 2 rings (SSSR count). The molecule has 2 N–H and O–H groups in total. The van der Waals surface area contributed by atoms with Crippen LogP contribution in [0.1, 0.15) is 23.2 Å². The molecule has 1 aromatic rings. The van der Waals surface area contributed by atoms with Crippen LogP contribution in [0.2, 0.25) is 0 Å². The van der Waals surface area contributed by atoms with Crippen LogP contribution < -0.4 is 10.6 Å². The van der Waals surface area contributed by atoms with Crippen LogP contribution in [0.3, 0.4) is 0 Å². The largest absolute Gasteiger partial charge is 0.352 e. The van der Waals surface area contributed by atoms with E-state index in [0.29, 0.717) is 5.56 Å². The number of amides is 2. The summed E-state index contributed by atoms with van der Waals surface area (Å²) in [5.41, 5.74) is 0.316. The van der Waals surface area contributed by atoms with Gasteiger partial charge in [0.1, 0.15) is 0 Å². The predicted octanol–water partition coefficient (Wildman–Crippen LogP) is 0.0985. The third-order valence-corrected chi connectivity index (χ3v) is 4.03. The van der Waals surface area contributed by atoms with Gasteiger partial charge in [-0.05, 0) is 37.1 Å². The quantitative estimate of drug-likeness (QED) is 0.806. The molecule has 1 aliphatic carbocycles. The van der Waals surface area contributed by atoms with Crippen LogP contribution in [0.5, 0.6) is 0 Å². The van der Waals surface area contributed by atoms with E-state index in [1.165, 1.54) is 24.3 Å². The van der Waals surface area contributed by atoms with Crippen molar-refractivity contribution < 1.29 is 18.0 Å². The Morgan fingerprint density at radius 1 is 1.20 bits per heavy atom. The first-order chi connectivity index (χ1) is 9.36. The van der Waals surface area contributed by atoms with Crippen LogP contribution in [0.15, 0.2) is 29.2 Å². The fourth-order valence-electron chi connectivity index (χ4n) is 1.62. The van der Waals surface area contributed by atoms with E-state index in [-0.39, 0.29) is 23.4 Å². The minimum atomic E-state index is -3.27. The normalized spacial score (nSPS) is 14.7. The average Bonchev–Trinajstić information content (AvgIpc) is 3.19. The number of carbonyl (C=O) groups excluding carboxylic acids is 2. The Morgan fingerprint density at radius 3 is 2.30 bits per heavy atom. The number of sulfone groups is 1. The molecule has 1 aromatic carbocycles. The maximum absolute atomic E-state index is 11.8. The zero-order valence-electron chi connectivity index (χ0n) is 11.0. The Hall–Kier alpha value is -1.89. The summed E-state index contributed by atoms with van der Waals surface area (Å²) in [7, 11) is -3.27. The molecule has 0 radical (unpaired) electrons. The number of rotatable bonds is 5. The van der Waals surface area contributed by atoms with Gasteiger partial charge in [-0.2, -0.15) is 0 Å². The van der Waals surface area contributed by atoms with E-state index in [9.17, 15) is 18.0 Å². The monoisotopic (exact) mass is 296 g/mol. The van der Waals surface area contributed by atoms with E-state index >= 15 is 0 Å². The zero-order valence-corrected chi connectivity index (χ0v) is 11.9. The first-order valence-electron chi connectivity index (χ1n) is 6.24. The second kappa shape index (κ2) is 5.62. The van der Waals surface area contributed by atoms with Crippen molar-refractivity contribution in [1.29, 1.82) is 0 Å². The van der Waals surface area contributed by atoms with Crippen LogP contribution in [0.25, 0.3) is 0 Å². The lowest BCUT2D eigenvalue weighted by molar-refractivity contribution is -0.120. The maximum Gasteiger partial charge on any atom is 0.251 e. The molecule has 0 unspecified atom stereocenters. The van der Waals surface area contributed by atoms with Crippen LogP contribution in [0, 0.1) is 0 Å². The van der Waals surface area contributed by atoms with Crippen LogP contribution in [-0.4, -0.2) is 39.1 Å². The van der Waals surface area contributed by atoms with Gasteiger partial charge in [0, 0.05) is 17.9 Å². The Balaban J connectivity index is 1.90. The van der Waals surface area contributed by atoms with Crippen molar-refractivity contribution in [2.24, 2.45) is 0 Å². The fraction of sp³-hybridized carbons (Fsp3) is 0.385. The van der Waals surface area contributed by atoms with E-state index in [2.05, 4.69) is 10.6 Å². The Kier molecular flexibility index (Phi) is 4.08. The summed E-state index contributed by atoms with van der Waals surface area (Å²) in [6.07, 6.45) is 3.09. The molecule has 0 bridgehead atoms. The highest BCUT2D eigenvalue weighted by Gasteiger charge is 2.23. The number of hydrogen-bond donors (Lipinski definition) is 2. The summed E-state index contributed by atoms with van der Waals surface area (Å²) in [6, 6.07) is 5.84. The summed E-state index contributed by atoms with van der Waals surface area (Å²) in [4.78, 5) is 23.3. The van der Waals surface area contributed by atoms with E-state index in [0.717, 1.165) is 19.1 Å². The predicted molar refractivity (Wildman–Crippen MR) is 73.0 cm³/mol. The van der Waals surface area contributed by atoms with Gasteiger partial charge in [0.05, 0.1) is 11.4 Å². The SMILES string of the molecule is CS(=O)(=O)c1ccc(C(=O)NCC(=O)NC2CC2)cc1. The molecule has 2 amide bonds. The summed E-state index contributed by atoms with van der Waals surface area (Å²) in [6.45, 7) is -0.0802. The van der Waals surface area contributed by atoms with Gasteiger partial charge >= 0.3 is 0 Å². The summed E-state index contributed by atoms with van der Waals surface area (Å²) < 4.78 is 22.6. The molecule has 0 aliphatic heterocycles. The molecule has 0 spiro atoms. The minimum Gasteiger partial charge on any atom is -0.352 e. The minimum absolute atomic E-state index is 0.0802. The topological polar surface area (TPSA) is 92.3 Å². The molecule has 6 nitrogen and oxygen atoms in total. The van der Waals surface area contributed by atoms with Crippen molar-refractivity contribution >= 4 is 21.7 Å². The molecule has 20 heavy (non-hydrogen) atoms. The highest BCUT2D eigenvalue weighted by molar-refractivity contribution is 7.90. The van der Waals surface area contributed by atoms with Crippen molar-refractivity contribution in [1.82, 2.24) is 10.6 Å². The van der Waals surface area contributed by atoms with Gasteiger partial charge in [0.15, 0.2) is 9.84 Å². The summed E-state index contributed by atoms with van der Waals surface area (Å²) >= 11 is 0. The maximum atomic E-state index is 11.8. The molecular formula is C13H16N2O4S. The Morgan fingerprint density at radius 2 is 1.80 bits per heavy atom. The Labute approximate surface area is 117 Å². The first kappa shape index (κ1) is 14.5. The highest BCUT2D eigenvalue weighted by atomic mass is 32.2. The lowest BCUT2D eigenvalue weighted by Gasteiger charge is -2.06. The van der Waals surface area contributed by atoms with Crippen LogP contribution in [0.4, 0.5) is 0 Å². The lowest BCUT2D eigenvalue weighted by Crippen LogP contribution is -2.37. The first-order valence-corrected chi connectivity index (χ1v) is 8.13. The van der Waals surface area contributed by atoms with Gasteiger partial charge in [-0.3, -0.25) is 9.59 Å². The third-order valence-electron chi connectivity index (χ3n) is 2.90. The molecule has 0 aromatic heterocycles. The highest BCUT2D eigenvalue weighted by Crippen LogP contribution is 2.18. The third kappa shape index (κ3) is 4.06. The number of carbonyl (C=O) groups is 2. The zero-order chi connectivity index (χ0) is 14.8. The Bertz CT molecular complexity index is 618. The molecule has 1 aliphatic rings. The molecule has 0 saturated heterocycles. The number of nitrogens with one attached hydrogen (secondary N) is 2. The average molecular weight is 296 g/mol. The van der Waals surface area contributed by atoms with Gasteiger partial charge in [0.2, 0.25) is 5.91 Å². The van der Waals surface area contributed by atoms with Gasteiger partial charge < -0.3 is 10.6 Å². The molecule has 1 saturated carbocycles. The van der Waals surface area contributed by atoms with Gasteiger partial charge in [-0.15, -0.1) is 0 Å². The number of benzene rings is 1. The van der Waals surface area contributed by atoms with Crippen molar-refractivity contribution in [3.63, 3.8) is 0 Å². The second-order valence-corrected chi connectivity index (χ2v) is 6.84. The van der Waals surface area contributed by atoms with Crippen molar-refractivity contribution in [2.75, 3.05) is 12.8 Å². The molecule has 0 heterocycles.